The molecular weight excluding hydrogens is 1490 g/mol. The van der Waals surface area contributed by atoms with Gasteiger partial charge in [0.1, 0.15) is 0 Å². The first-order chi connectivity index (χ1) is 46.0. The average molecular weight is 1600 g/mol. The van der Waals surface area contributed by atoms with Gasteiger partial charge in [0.2, 0.25) is 0 Å². The van der Waals surface area contributed by atoms with Crippen LogP contribution in [-0.4, -0.2) is 108 Å². The zero-order chi connectivity index (χ0) is 69.1. The summed E-state index contributed by atoms with van der Waals surface area (Å²) >= 11 is -3.96. The monoisotopic (exact) mass is 1600 g/mol. The molecule has 12 rings (SSSR count). The standard InChI is InChI=1S/C22H35N2.C18H33P.C15H10.C13H19N2.C12H17NO3S.4ClH.2Ru/c1-17(2)20-11-8-12-21(18(3)4)22(20)24-14-13-23(16-24)15-19-9-6-5-7-10-19;1-4-10-16(11-5-1)19(17-12-6-2-7-13-17)18-14-8-3-9-15-18;1-2-6-12(7-3-1)15-11-10-13-8-4-5-9-14(13)15;1-10-7-11(2)13(12(3)8-10)15-6-5-14(4)9-15;1-9(2)16-12-7-6-11(8-10(12)3)17(14,15)13(4)5;;;;;;/h8,11-12,16-19H,5-7,9-10,13-15H2,1-4H3;16-18H,1-15H2;1-9,11H;7-9H,5-6H2,1-4H3;3,6-9H,1-2,4-5H3;4*1H;;/q-1;;;-1;;;;;;2*+2/p-3. The average Bonchev–Trinajstić information content (AvgIpc) is 1.61. The maximum absolute atomic E-state index is 12.1. The summed E-state index contributed by atoms with van der Waals surface area (Å²) in [7, 11) is 25.7. The van der Waals surface area contributed by atoms with E-state index in [2.05, 4.69) is 155 Å². The van der Waals surface area contributed by atoms with Crippen molar-refractivity contribution in [2.24, 2.45) is 5.92 Å². The van der Waals surface area contributed by atoms with Gasteiger partial charge in [-0.1, -0.05) is 102 Å². The Labute approximate surface area is 609 Å². The van der Waals surface area contributed by atoms with Crippen LogP contribution < -0.4 is 14.5 Å². The van der Waals surface area contributed by atoms with Crippen LogP contribution in [-0.2, 0) is 37.1 Å². The predicted octanol–water partition coefficient (Wildman–Crippen LogP) is 21.8. The minimum absolute atomic E-state index is 0.0234. The van der Waals surface area contributed by atoms with Crippen molar-refractivity contribution in [2.75, 3.05) is 63.7 Å². The fourth-order valence-electron chi connectivity index (χ4n) is 15.7. The van der Waals surface area contributed by atoms with Gasteiger partial charge in [-0.25, -0.2) is 0 Å². The summed E-state index contributed by atoms with van der Waals surface area (Å²) in [5.41, 5.74) is 19.1. The van der Waals surface area contributed by atoms with Crippen LogP contribution in [0.5, 0.6) is 5.75 Å². The Bertz CT molecular complexity index is 3370. The molecule has 0 aromatic heterocycles. The van der Waals surface area contributed by atoms with E-state index >= 15 is 0 Å². The summed E-state index contributed by atoms with van der Waals surface area (Å²) < 4.78 is 33.8. The van der Waals surface area contributed by atoms with Crippen molar-refractivity contribution in [3.8, 4) is 5.75 Å². The quantitative estimate of drug-likeness (QED) is 0.0588. The van der Waals surface area contributed by atoms with E-state index in [1.807, 2.05) is 38.1 Å². The first-order valence-corrected chi connectivity index (χ1v) is 50.0. The molecule has 5 aliphatic carbocycles. The van der Waals surface area contributed by atoms with E-state index in [0.717, 1.165) is 34.0 Å². The number of anilines is 2. The number of aryl methyl sites for hydroxylation is 3. The molecule has 8 nitrogen and oxygen atoms in total. The van der Waals surface area contributed by atoms with Crippen molar-refractivity contribution < 1.29 is 40.2 Å². The van der Waals surface area contributed by atoms with Gasteiger partial charge in [-0.15, -0.1) is 0 Å². The van der Waals surface area contributed by atoms with Gasteiger partial charge < -0.3 is 19.6 Å². The summed E-state index contributed by atoms with van der Waals surface area (Å²) in [5, 5.41) is 0. The second-order valence-electron chi connectivity index (χ2n) is 28.9. The molecule has 0 N–H and O–H groups in total. The van der Waals surface area contributed by atoms with Crippen LogP contribution >= 0.6 is 46.7 Å². The molecule has 4 saturated carbocycles. The van der Waals surface area contributed by atoms with Gasteiger partial charge in [0.25, 0.3) is 0 Å². The number of sulfonamides is 1. The Morgan fingerprint density at radius 1 is 0.594 bits per heavy atom. The number of likely N-dealkylation sites (N-methyl/N-ethyl adjacent to an activating group) is 1. The zero-order valence-electron chi connectivity index (χ0n) is 59.9. The Morgan fingerprint density at radius 2 is 1.09 bits per heavy atom. The molecule has 0 bridgehead atoms. The number of nitrogens with zero attached hydrogens (tertiary/aromatic N) is 5. The summed E-state index contributed by atoms with van der Waals surface area (Å²) in [6, 6.07) is 34.8. The Balaban J connectivity index is 0.000000155. The third-order valence-corrected chi connectivity index (χ3v) is 31.6. The molecule has 2 heterocycles. The van der Waals surface area contributed by atoms with E-state index in [-0.39, 0.29) is 18.9 Å². The van der Waals surface area contributed by atoms with Crippen LogP contribution in [0.1, 0.15) is 232 Å². The molecule has 96 heavy (non-hydrogen) atoms. The first-order valence-electron chi connectivity index (χ1n) is 36.1. The second kappa shape index (κ2) is 39.3. The SMILES string of the molecule is C1CCC([PH+](C2CCCCC2)C2CCCCC2)CC1.CC(C)Oc1ccc(S(=O)(=O)N(C)C)cc1[CH]=[Ru]([Cl])[Cl].CC(C)c1cccc(C(C)C)c1N1[CH-]N(CC2CCCCC2)CC1.Cc1cc(C)c(N2[CH-]N(C)CC2)c(C)c1.[Cl][Ru]([Cl])=[C]1C=C(c2ccccc2)c2ccccc21. The van der Waals surface area contributed by atoms with Crippen LogP contribution in [0.25, 0.3) is 5.57 Å². The van der Waals surface area contributed by atoms with E-state index in [9.17, 15) is 8.42 Å². The van der Waals surface area contributed by atoms with E-state index in [0.29, 0.717) is 23.1 Å². The first kappa shape index (κ1) is 79.4. The molecule has 534 valence electrons. The zero-order valence-corrected chi connectivity index (χ0v) is 68.2. The van der Waals surface area contributed by atoms with E-state index in [1.54, 1.807) is 113 Å². The van der Waals surface area contributed by atoms with Crippen molar-refractivity contribution in [1.82, 2.24) is 14.1 Å². The van der Waals surface area contributed by atoms with Crippen molar-refractivity contribution in [2.45, 2.75) is 231 Å². The molecule has 0 radical (unpaired) electrons. The molecular formula is C80H115Cl4N5O3PRu2S-. The van der Waals surface area contributed by atoms with Gasteiger partial charge in [-0.3, -0.25) is 0 Å². The van der Waals surface area contributed by atoms with E-state index < -0.39 is 37.1 Å². The number of para-hydroxylation sites is 1. The molecule has 0 atom stereocenters. The maximum atomic E-state index is 12.1. The normalized spacial score (nSPS) is 18.9. The summed E-state index contributed by atoms with van der Waals surface area (Å²) in [5.74, 6) is 2.64. The molecule has 16 heteroatoms. The molecule has 0 amide bonds. The van der Waals surface area contributed by atoms with Gasteiger partial charge in [0, 0.05) is 32.4 Å². The summed E-state index contributed by atoms with van der Waals surface area (Å²) in [4.78, 5) is 9.89. The minimum atomic E-state index is -3.49. The van der Waals surface area contributed by atoms with E-state index in [4.69, 9.17) is 43.5 Å². The predicted molar refractivity (Wildman–Crippen MR) is 414 cm³/mol. The van der Waals surface area contributed by atoms with Gasteiger partial charge in [-0.05, 0) is 177 Å². The Morgan fingerprint density at radius 3 is 1.57 bits per heavy atom. The molecule has 2 aliphatic heterocycles. The Kier molecular flexibility index (Phi) is 32.5. The van der Waals surface area contributed by atoms with Crippen molar-refractivity contribution in [1.29, 1.82) is 0 Å². The molecule has 2 saturated heterocycles. The molecule has 5 aromatic carbocycles. The van der Waals surface area contributed by atoms with Crippen LogP contribution in [0.3, 0.4) is 0 Å². The second-order valence-corrected chi connectivity index (χ2v) is 46.0. The van der Waals surface area contributed by atoms with Gasteiger partial charge in [-0.2, -0.15) is 13.3 Å². The van der Waals surface area contributed by atoms with Crippen LogP contribution in [0.4, 0.5) is 11.4 Å². The van der Waals surface area contributed by atoms with Crippen LogP contribution in [0.15, 0.2) is 114 Å². The van der Waals surface area contributed by atoms with Gasteiger partial charge >= 0.3 is 253 Å². The fraction of sp³-hybridized carbons (Fsp3) is 0.550. The molecule has 7 aliphatic rings. The van der Waals surface area contributed by atoms with Crippen molar-refractivity contribution in [3.05, 3.63) is 173 Å². The van der Waals surface area contributed by atoms with Gasteiger partial charge in [0.15, 0.2) is 0 Å². The molecule has 6 fully saturated rings. The number of allylic oxidation sites excluding steroid dienone is 1. The summed E-state index contributed by atoms with van der Waals surface area (Å²) in [6.45, 7) is 30.0. The van der Waals surface area contributed by atoms with Crippen molar-refractivity contribution in [3.63, 3.8) is 0 Å². The number of rotatable bonds is 15. The molecule has 0 unspecified atom stereocenters. The fourth-order valence-corrected chi connectivity index (χ4v) is 26.1. The summed E-state index contributed by atoms with van der Waals surface area (Å²) in [6.07, 6.45) is 33.1. The van der Waals surface area contributed by atoms with Crippen LogP contribution in [0, 0.1) is 40.0 Å². The third kappa shape index (κ3) is 22.8. The number of halogens is 4. The number of benzene rings is 5. The topological polar surface area (TPSA) is 59.6 Å². The third-order valence-electron chi connectivity index (χ3n) is 20.2. The number of fused-ring (bicyclic) bond motifs is 1. The Hall–Kier alpha value is -2.35. The van der Waals surface area contributed by atoms with Crippen LogP contribution in [0.2, 0.25) is 0 Å². The number of hydrogen-bond acceptors (Lipinski definition) is 7. The van der Waals surface area contributed by atoms with E-state index in [1.165, 1.54) is 144 Å². The van der Waals surface area contributed by atoms with Gasteiger partial charge in [0.05, 0.1) is 17.0 Å². The number of ether oxygens (including phenoxy) is 1. The van der Waals surface area contributed by atoms with Crippen molar-refractivity contribution >= 4 is 82.4 Å². The number of hydrogen-bond donors (Lipinski definition) is 0. The molecule has 5 aromatic rings. The molecule has 0 spiro atoms.